The van der Waals surface area contributed by atoms with E-state index in [1.54, 1.807) is 12.1 Å². The van der Waals surface area contributed by atoms with Gasteiger partial charge in [-0.1, -0.05) is 86.6 Å². The van der Waals surface area contributed by atoms with Crippen LogP contribution in [0.2, 0.25) is 0 Å². The molecule has 0 unspecified atom stereocenters. The lowest BCUT2D eigenvalue weighted by atomic mass is 9.73. The van der Waals surface area contributed by atoms with E-state index in [0.717, 1.165) is 39.8 Å². The topological polar surface area (TPSA) is 40.5 Å². The molecule has 0 saturated carbocycles. The van der Waals surface area contributed by atoms with E-state index in [1.165, 1.54) is 0 Å². The van der Waals surface area contributed by atoms with Gasteiger partial charge >= 0.3 is 0 Å². The number of aromatic hydroxyl groups is 2. The molecule has 4 aromatic rings. The van der Waals surface area contributed by atoms with Crippen LogP contribution in [0, 0.1) is 0 Å². The van der Waals surface area contributed by atoms with Gasteiger partial charge in [-0.2, -0.15) is 0 Å². The highest BCUT2D eigenvalue weighted by Gasteiger charge is 2.28. The van der Waals surface area contributed by atoms with E-state index in [4.69, 9.17) is 0 Å². The first kappa shape index (κ1) is 19.8. The third-order valence-corrected chi connectivity index (χ3v) is 6.14. The van der Waals surface area contributed by atoms with Crippen LogP contribution in [0.25, 0.3) is 22.3 Å². The molecule has 0 spiro atoms. The van der Waals surface area contributed by atoms with E-state index in [-0.39, 0.29) is 16.9 Å². The van der Waals surface area contributed by atoms with Crippen LogP contribution in [0.3, 0.4) is 0 Å². The van der Waals surface area contributed by atoms with Crippen molar-refractivity contribution in [3.63, 3.8) is 0 Å². The maximum absolute atomic E-state index is 10.5. The van der Waals surface area contributed by atoms with Gasteiger partial charge in [0.1, 0.15) is 11.5 Å². The summed E-state index contributed by atoms with van der Waals surface area (Å²) in [7, 11) is 0. The molecule has 0 fully saturated rings. The van der Waals surface area contributed by atoms with E-state index in [0.29, 0.717) is 0 Å². The number of rotatable bonds is 5. The fourth-order valence-electron chi connectivity index (χ4n) is 4.03. The van der Waals surface area contributed by atoms with Crippen molar-refractivity contribution in [3.8, 4) is 33.8 Å². The van der Waals surface area contributed by atoms with Crippen LogP contribution in [0.1, 0.15) is 31.4 Å². The Kier molecular flexibility index (Phi) is 5.33. The molecule has 0 radical (unpaired) electrons. The van der Waals surface area contributed by atoms with Gasteiger partial charge in [0, 0.05) is 16.5 Å². The summed E-state index contributed by atoms with van der Waals surface area (Å²) >= 11 is 0. The molecular formula is C28H26O2. The lowest BCUT2D eigenvalue weighted by Crippen LogP contribution is -2.22. The molecule has 0 saturated heterocycles. The molecule has 4 aromatic carbocycles. The van der Waals surface area contributed by atoms with E-state index < -0.39 is 0 Å². The number of benzene rings is 4. The summed E-state index contributed by atoms with van der Waals surface area (Å²) in [5.41, 5.74) is 5.63. The Hall–Kier alpha value is -3.52. The van der Waals surface area contributed by atoms with Crippen LogP contribution in [0.4, 0.5) is 0 Å². The molecule has 0 atom stereocenters. The Morgan fingerprint density at radius 3 is 1.37 bits per heavy atom. The summed E-state index contributed by atoms with van der Waals surface area (Å²) in [5.74, 6) is 0.554. The first-order chi connectivity index (χ1) is 14.5. The van der Waals surface area contributed by atoms with Gasteiger partial charge < -0.3 is 10.2 Å². The summed E-state index contributed by atoms with van der Waals surface area (Å²) in [4.78, 5) is 0. The van der Waals surface area contributed by atoms with E-state index in [9.17, 15) is 10.2 Å². The molecule has 0 aromatic heterocycles. The molecule has 0 aliphatic rings. The zero-order valence-corrected chi connectivity index (χ0v) is 17.3. The van der Waals surface area contributed by atoms with E-state index in [2.05, 4.69) is 26.0 Å². The largest absolute Gasteiger partial charge is 0.507 e. The molecule has 2 heteroatoms. The van der Waals surface area contributed by atoms with Gasteiger partial charge in [-0.3, -0.25) is 0 Å². The predicted molar refractivity (Wildman–Crippen MR) is 124 cm³/mol. The van der Waals surface area contributed by atoms with Crippen LogP contribution in [0.5, 0.6) is 11.5 Å². The smallest absolute Gasteiger partial charge is 0.123 e. The zero-order chi connectivity index (χ0) is 21.1. The molecule has 30 heavy (non-hydrogen) atoms. The van der Waals surface area contributed by atoms with Gasteiger partial charge in [0.25, 0.3) is 0 Å². The summed E-state index contributed by atoms with van der Waals surface area (Å²) < 4.78 is 0. The lowest BCUT2D eigenvalue weighted by molar-refractivity contribution is 0.474. The number of phenolic OH excluding ortho intramolecular Hbond substituents is 2. The highest BCUT2D eigenvalue weighted by atomic mass is 16.3. The van der Waals surface area contributed by atoms with Gasteiger partial charge in [0.15, 0.2) is 0 Å². The van der Waals surface area contributed by atoms with Crippen molar-refractivity contribution in [3.05, 3.63) is 108 Å². The minimum atomic E-state index is -0.269. The monoisotopic (exact) mass is 394 g/mol. The Balaban J connectivity index is 1.84. The van der Waals surface area contributed by atoms with Gasteiger partial charge in [0.05, 0.1) is 0 Å². The van der Waals surface area contributed by atoms with Crippen LogP contribution in [-0.2, 0) is 5.41 Å². The molecule has 0 aliphatic carbocycles. The molecule has 0 heterocycles. The standard InChI is InChI=1S/C28H26O2/c1-3-28(2,22-14-16-26(29)24(18-22)20-10-6-4-7-11-20)23-15-17-27(30)25(19-23)21-12-8-5-9-13-21/h4-19,29-30H,3H2,1-2H3. The summed E-state index contributed by atoms with van der Waals surface area (Å²) in [6.45, 7) is 4.39. The van der Waals surface area contributed by atoms with Crippen molar-refractivity contribution in [2.24, 2.45) is 0 Å². The second kappa shape index (κ2) is 8.08. The minimum Gasteiger partial charge on any atom is -0.507 e. The predicted octanol–water partition coefficient (Wildman–Crippen LogP) is 7.15. The minimum absolute atomic E-state index is 0.269. The maximum Gasteiger partial charge on any atom is 0.123 e. The Bertz CT molecular complexity index is 1060. The third kappa shape index (κ3) is 3.57. The second-order valence-electron chi connectivity index (χ2n) is 7.88. The summed E-state index contributed by atoms with van der Waals surface area (Å²) in [6, 6.07) is 31.6. The molecule has 4 rings (SSSR count). The normalized spacial score (nSPS) is 11.4. The van der Waals surface area contributed by atoms with Crippen molar-refractivity contribution in [1.82, 2.24) is 0 Å². The summed E-state index contributed by atoms with van der Waals surface area (Å²) in [6.07, 6.45) is 0.880. The second-order valence-corrected chi connectivity index (χ2v) is 7.88. The van der Waals surface area contributed by atoms with Crippen molar-refractivity contribution in [2.75, 3.05) is 0 Å². The van der Waals surface area contributed by atoms with Crippen molar-refractivity contribution < 1.29 is 10.2 Å². The SMILES string of the molecule is CCC(C)(c1ccc(O)c(-c2ccccc2)c1)c1ccc(O)c(-c2ccccc2)c1. The van der Waals surface area contributed by atoms with Gasteiger partial charge in [-0.15, -0.1) is 0 Å². The van der Waals surface area contributed by atoms with Gasteiger partial charge in [-0.25, -0.2) is 0 Å². The Morgan fingerprint density at radius 2 is 1.00 bits per heavy atom. The fraction of sp³-hybridized carbons (Fsp3) is 0.143. The van der Waals surface area contributed by atoms with Crippen LogP contribution < -0.4 is 0 Å². The molecule has 0 bridgehead atoms. The van der Waals surface area contributed by atoms with Crippen LogP contribution in [-0.4, -0.2) is 10.2 Å². The quantitative estimate of drug-likeness (QED) is 0.377. The number of phenols is 2. The highest BCUT2D eigenvalue weighted by molar-refractivity contribution is 5.73. The van der Waals surface area contributed by atoms with E-state index in [1.807, 2.05) is 72.8 Å². The molecule has 0 aliphatic heterocycles. The average molecular weight is 395 g/mol. The molecule has 0 amide bonds. The Morgan fingerprint density at radius 1 is 0.600 bits per heavy atom. The van der Waals surface area contributed by atoms with Crippen LogP contribution in [0.15, 0.2) is 97.1 Å². The van der Waals surface area contributed by atoms with Gasteiger partial charge in [-0.05, 0) is 52.9 Å². The molecular weight excluding hydrogens is 368 g/mol. The van der Waals surface area contributed by atoms with Crippen LogP contribution >= 0.6 is 0 Å². The fourth-order valence-corrected chi connectivity index (χ4v) is 4.03. The first-order valence-corrected chi connectivity index (χ1v) is 10.3. The lowest BCUT2D eigenvalue weighted by Gasteiger charge is -2.31. The molecule has 2 nitrogen and oxygen atoms in total. The first-order valence-electron chi connectivity index (χ1n) is 10.3. The average Bonchev–Trinajstić information content (AvgIpc) is 2.80. The van der Waals surface area contributed by atoms with E-state index >= 15 is 0 Å². The maximum atomic E-state index is 10.5. The van der Waals surface area contributed by atoms with Crippen molar-refractivity contribution in [2.45, 2.75) is 25.7 Å². The van der Waals surface area contributed by atoms with Gasteiger partial charge in [0.2, 0.25) is 0 Å². The Labute approximate surface area is 178 Å². The number of hydrogen-bond acceptors (Lipinski definition) is 2. The zero-order valence-electron chi connectivity index (χ0n) is 17.3. The van der Waals surface area contributed by atoms with Crippen molar-refractivity contribution >= 4 is 0 Å². The van der Waals surface area contributed by atoms with Crippen molar-refractivity contribution in [1.29, 1.82) is 0 Å². The third-order valence-electron chi connectivity index (χ3n) is 6.14. The molecule has 2 N–H and O–H groups in total. The summed E-state index contributed by atoms with van der Waals surface area (Å²) in [5, 5.41) is 21.0. The number of hydrogen-bond donors (Lipinski definition) is 2. The molecule has 150 valence electrons. The highest BCUT2D eigenvalue weighted by Crippen LogP contribution is 2.42.